The van der Waals surface area contributed by atoms with Crippen LogP contribution in [0.25, 0.3) is 10.9 Å². The van der Waals surface area contributed by atoms with Crippen LogP contribution in [-0.4, -0.2) is 15.6 Å². The SMILES string of the molecule is Cn1ccc2cc(C(=O)O)cc(F)c21. The molecule has 0 amide bonds. The third-order valence-electron chi connectivity index (χ3n) is 2.17. The number of hydrogen-bond donors (Lipinski definition) is 1. The Morgan fingerprint density at radius 1 is 1.50 bits per heavy atom. The zero-order valence-corrected chi connectivity index (χ0v) is 7.49. The minimum Gasteiger partial charge on any atom is -0.478 e. The van der Waals surface area contributed by atoms with Crippen LogP contribution in [-0.2, 0) is 7.05 Å². The Balaban J connectivity index is 2.80. The highest BCUT2D eigenvalue weighted by Gasteiger charge is 2.10. The van der Waals surface area contributed by atoms with Crippen LogP contribution in [0.4, 0.5) is 4.39 Å². The summed E-state index contributed by atoms with van der Waals surface area (Å²) in [4.78, 5) is 10.6. The van der Waals surface area contributed by atoms with E-state index >= 15 is 0 Å². The second kappa shape index (κ2) is 2.83. The van der Waals surface area contributed by atoms with Crippen LogP contribution in [0.2, 0.25) is 0 Å². The van der Waals surface area contributed by atoms with Crippen LogP contribution in [0.15, 0.2) is 24.4 Å². The molecular formula is C10H8FNO2. The van der Waals surface area contributed by atoms with Gasteiger partial charge in [-0.1, -0.05) is 0 Å². The molecular weight excluding hydrogens is 185 g/mol. The van der Waals surface area contributed by atoms with Crippen molar-refractivity contribution in [1.82, 2.24) is 4.57 Å². The van der Waals surface area contributed by atoms with Gasteiger partial charge in [0.15, 0.2) is 0 Å². The highest BCUT2D eigenvalue weighted by atomic mass is 19.1. The second-order valence-electron chi connectivity index (χ2n) is 3.13. The Morgan fingerprint density at radius 2 is 2.21 bits per heavy atom. The van der Waals surface area contributed by atoms with E-state index in [0.717, 1.165) is 6.07 Å². The van der Waals surface area contributed by atoms with E-state index in [1.807, 2.05) is 0 Å². The Morgan fingerprint density at radius 3 is 2.86 bits per heavy atom. The first kappa shape index (κ1) is 8.74. The zero-order valence-electron chi connectivity index (χ0n) is 7.49. The van der Waals surface area contributed by atoms with Crippen molar-refractivity contribution in [3.8, 4) is 0 Å². The Hall–Kier alpha value is -1.84. The molecule has 2 rings (SSSR count). The predicted molar refractivity (Wildman–Crippen MR) is 49.8 cm³/mol. The first-order valence-electron chi connectivity index (χ1n) is 4.07. The van der Waals surface area contributed by atoms with Gasteiger partial charge in [0.2, 0.25) is 0 Å². The molecule has 0 atom stereocenters. The van der Waals surface area contributed by atoms with Crippen molar-refractivity contribution >= 4 is 16.9 Å². The summed E-state index contributed by atoms with van der Waals surface area (Å²) < 4.78 is 15.0. The average Bonchev–Trinajstić information content (AvgIpc) is 2.48. The van der Waals surface area contributed by atoms with Crippen molar-refractivity contribution in [2.75, 3.05) is 0 Å². The van der Waals surface area contributed by atoms with Crippen LogP contribution in [0, 0.1) is 5.82 Å². The topological polar surface area (TPSA) is 42.2 Å². The number of aryl methyl sites for hydroxylation is 1. The summed E-state index contributed by atoms with van der Waals surface area (Å²) >= 11 is 0. The molecule has 1 N–H and O–H groups in total. The molecule has 0 saturated carbocycles. The molecule has 0 aliphatic rings. The monoisotopic (exact) mass is 193 g/mol. The summed E-state index contributed by atoms with van der Waals surface area (Å²) in [6, 6.07) is 4.18. The maximum Gasteiger partial charge on any atom is 0.335 e. The van der Waals surface area contributed by atoms with E-state index in [1.165, 1.54) is 6.07 Å². The van der Waals surface area contributed by atoms with Crippen LogP contribution in [0.3, 0.4) is 0 Å². The van der Waals surface area contributed by atoms with Crippen molar-refractivity contribution < 1.29 is 14.3 Å². The number of benzene rings is 1. The van der Waals surface area contributed by atoms with E-state index in [2.05, 4.69) is 0 Å². The van der Waals surface area contributed by atoms with Gasteiger partial charge in [-0.25, -0.2) is 9.18 Å². The van der Waals surface area contributed by atoms with Crippen molar-refractivity contribution in [3.63, 3.8) is 0 Å². The van der Waals surface area contributed by atoms with Gasteiger partial charge in [0.1, 0.15) is 5.82 Å². The smallest absolute Gasteiger partial charge is 0.335 e. The van der Waals surface area contributed by atoms with Crippen LogP contribution in [0.1, 0.15) is 10.4 Å². The average molecular weight is 193 g/mol. The van der Waals surface area contributed by atoms with Crippen LogP contribution >= 0.6 is 0 Å². The lowest BCUT2D eigenvalue weighted by atomic mass is 10.1. The molecule has 0 saturated heterocycles. The molecule has 0 aliphatic carbocycles. The Labute approximate surface area is 79.4 Å². The maximum atomic E-state index is 13.4. The number of aromatic carboxylic acids is 1. The normalized spacial score (nSPS) is 10.7. The molecule has 14 heavy (non-hydrogen) atoms. The third kappa shape index (κ3) is 1.16. The lowest BCUT2D eigenvalue weighted by molar-refractivity contribution is 0.0696. The van der Waals surface area contributed by atoms with Crippen LogP contribution < -0.4 is 0 Å². The van der Waals surface area contributed by atoms with Crippen molar-refractivity contribution in [2.45, 2.75) is 0 Å². The predicted octanol–water partition coefficient (Wildman–Crippen LogP) is 2.02. The van der Waals surface area contributed by atoms with Gasteiger partial charge in [-0.2, -0.15) is 0 Å². The van der Waals surface area contributed by atoms with Crippen molar-refractivity contribution in [1.29, 1.82) is 0 Å². The van der Waals surface area contributed by atoms with Gasteiger partial charge in [-0.3, -0.25) is 0 Å². The quantitative estimate of drug-likeness (QED) is 0.752. The van der Waals surface area contributed by atoms with Crippen molar-refractivity contribution in [2.24, 2.45) is 7.05 Å². The summed E-state index contributed by atoms with van der Waals surface area (Å²) in [7, 11) is 1.71. The minimum absolute atomic E-state index is 0.0267. The number of hydrogen-bond acceptors (Lipinski definition) is 1. The summed E-state index contributed by atoms with van der Waals surface area (Å²) in [5, 5.41) is 9.30. The summed E-state index contributed by atoms with van der Waals surface area (Å²) in [5.41, 5.74) is 0.399. The third-order valence-corrected chi connectivity index (χ3v) is 2.17. The van der Waals surface area contributed by atoms with Gasteiger partial charge in [0, 0.05) is 18.6 Å². The first-order chi connectivity index (χ1) is 6.59. The zero-order chi connectivity index (χ0) is 10.3. The number of carboxylic acid groups (broad SMARTS) is 1. The molecule has 0 unspecified atom stereocenters. The first-order valence-corrected chi connectivity index (χ1v) is 4.07. The molecule has 1 aromatic carbocycles. The van der Waals surface area contributed by atoms with E-state index in [4.69, 9.17) is 5.11 Å². The van der Waals surface area contributed by atoms with Gasteiger partial charge in [-0.05, 0) is 18.2 Å². The number of aromatic nitrogens is 1. The number of rotatable bonds is 1. The Bertz CT molecular complexity index is 516. The largest absolute Gasteiger partial charge is 0.478 e. The van der Waals surface area contributed by atoms with E-state index in [9.17, 15) is 9.18 Å². The fourth-order valence-electron chi connectivity index (χ4n) is 1.51. The van der Waals surface area contributed by atoms with Gasteiger partial charge in [-0.15, -0.1) is 0 Å². The van der Waals surface area contributed by atoms with E-state index < -0.39 is 11.8 Å². The molecule has 4 heteroatoms. The molecule has 0 fully saturated rings. The van der Waals surface area contributed by atoms with Crippen LogP contribution in [0.5, 0.6) is 0 Å². The number of halogens is 1. The molecule has 0 aliphatic heterocycles. The van der Waals surface area contributed by atoms with Gasteiger partial charge in [0.25, 0.3) is 0 Å². The second-order valence-corrected chi connectivity index (χ2v) is 3.13. The Kier molecular flexibility index (Phi) is 1.77. The van der Waals surface area contributed by atoms with E-state index in [1.54, 1.807) is 23.9 Å². The summed E-state index contributed by atoms with van der Waals surface area (Å²) in [5.74, 6) is -1.62. The molecule has 1 heterocycles. The minimum atomic E-state index is -1.12. The number of fused-ring (bicyclic) bond motifs is 1. The fraction of sp³-hybridized carbons (Fsp3) is 0.100. The molecule has 3 nitrogen and oxygen atoms in total. The molecule has 0 radical (unpaired) electrons. The summed E-state index contributed by atoms with van der Waals surface area (Å²) in [6.45, 7) is 0. The fourth-order valence-corrected chi connectivity index (χ4v) is 1.51. The lowest BCUT2D eigenvalue weighted by Crippen LogP contribution is -1.98. The maximum absolute atomic E-state index is 13.4. The molecule has 2 aromatic rings. The van der Waals surface area contributed by atoms with Crippen molar-refractivity contribution in [3.05, 3.63) is 35.8 Å². The standard InChI is InChI=1S/C10H8FNO2/c1-12-3-2-6-4-7(10(13)14)5-8(11)9(6)12/h2-5H,1H3,(H,13,14). The van der Waals surface area contributed by atoms with E-state index in [-0.39, 0.29) is 5.56 Å². The number of carbonyl (C=O) groups is 1. The molecule has 72 valence electrons. The highest BCUT2D eigenvalue weighted by molar-refractivity contribution is 5.93. The lowest BCUT2D eigenvalue weighted by Gasteiger charge is -2.00. The highest BCUT2D eigenvalue weighted by Crippen LogP contribution is 2.20. The number of nitrogens with zero attached hydrogens (tertiary/aromatic N) is 1. The number of carboxylic acids is 1. The van der Waals surface area contributed by atoms with Gasteiger partial charge >= 0.3 is 5.97 Å². The van der Waals surface area contributed by atoms with Gasteiger partial charge in [0.05, 0.1) is 11.1 Å². The van der Waals surface area contributed by atoms with E-state index in [0.29, 0.717) is 10.9 Å². The molecule has 1 aromatic heterocycles. The molecule has 0 spiro atoms. The van der Waals surface area contributed by atoms with Gasteiger partial charge < -0.3 is 9.67 Å². The molecule has 0 bridgehead atoms. The summed E-state index contributed by atoms with van der Waals surface area (Å²) in [6.07, 6.45) is 1.69.